The van der Waals surface area contributed by atoms with Crippen LogP contribution in [-0.4, -0.2) is 41.3 Å². The number of carbonyl (C=O) groups is 2. The number of halogens is 2. The van der Waals surface area contributed by atoms with Crippen molar-refractivity contribution in [2.75, 3.05) is 6.54 Å². The first-order valence-corrected chi connectivity index (χ1v) is 6.35. The van der Waals surface area contributed by atoms with Gasteiger partial charge in [0.1, 0.15) is 5.54 Å². The molecule has 2 aliphatic rings. The summed E-state index contributed by atoms with van der Waals surface area (Å²) in [5, 5.41) is 2.76. The zero-order chi connectivity index (χ0) is 13.3. The van der Waals surface area contributed by atoms with Crippen molar-refractivity contribution in [1.82, 2.24) is 10.2 Å². The highest BCUT2D eigenvalue weighted by molar-refractivity contribution is 5.94. The molecule has 2 amide bonds. The topological polar surface area (TPSA) is 49.4 Å². The van der Waals surface area contributed by atoms with E-state index in [2.05, 4.69) is 5.32 Å². The standard InChI is InChI=1S/C12H18F2N2O2/c1-8-6-10(17)15-12(4-2-3-5-12)11(18)16(8)7-9(13)14/h8-9H,2-7H2,1H3,(H,15,17). The first kappa shape index (κ1) is 13.2. The highest BCUT2D eigenvalue weighted by Gasteiger charge is 2.48. The Morgan fingerprint density at radius 2 is 2.00 bits per heavy atom. The van der Waals surface area contributed by atoms with Crippen LogP contribution < -0.4 is 5.32 Å². The lowest BCUT2D eigenvalue weighted by Crippen LogP contribution is -2.56. The zero-order valence-electron chi connectivity index (χ0n) is 10.4. The number of alkyl halides is 2. The minimum Gasteiger partial charge on any atom is -0.342 e. The van der Waals surface area contributed by atoms with Gasteiger partial charge in [-0.05, 0) is 19.8 Å². The summed E-state index contributed by atoms with van der Waals surface area (Å²) in [5.74, 6) is -0.548. The van der Waals surface area contributed by atoms with E-state index < -0.39 is 24.6 Å². The molecule has 1 atom stereocenters. The molecule has 1 unspecified atom stereocenters. The summed E-state index contributed by atoms with van der Waals surface area (Å²) in [6.07, 6.45) is 0.350. The molecule has 0 bridgehead atoms. The van der Waals surface area contributed by atoms with Crippen molar-refractivity contribution in [3.8, 4) is 0 Å². The molecule has 2 rings (SSSR count). The van der Waals surface area contributed by atoms with Crippen LogP contribution in [0.5, 0.6) is 0 Å². The summed E-state index contributed by atoms with van der Waals surface area (Å²) < 4.78 is 25.1. The number of nitrogens with zero attached hydrogens (tertiary/aromatic N) is 1. The second kappa shape index (κ2) is 4.82. The van der Waals surface area contributed by atoms with Crippen molar-refractivity contribution < 1.29 is 18.4 Å². The van der Waals surface area contributed by atoms with Gasteiger partial charge in [-0.15, -0.1) is 0 Å². The molecule has 0 aromatic rings. The quantitative estimate of drug-likeness (QED) is 0.813. The fourth-order valence-corrected chi connectivity index (χ4v) is 2.95. The number of hydrogen-bond donors (Lipinski definition) is 1. The zero-order valence-corrected chi connectivity index (χ0v) is 10.4. The Bertz CT molecular complexity index is 354. The fourth-order valence-electron chi connectivity index (χ4n) is 2.95. The Hall–Kier alpha value is -1.20. The second-order valence-corrected chi connectivity index (χ2v) is 5.24. The summed E-state index contributed by atoms with van der Waals surface area (Å²) in [5.41, 5.74) is -0.920. The summed E-state index contributed by atoms with van der Waals surface area (Å²) in [6, 6.07) is -0.466. The molecule has 1 aliphatic carbocycles. The molecule has 1 spiro atoms. The van der Waals surface area contributed by atoms with Crippen molar-refractivity contribution in [3.05, 3.63) is 0 Å². The van der Waals surface area contributed by atoms with Gasteiger partial charge in [0, 0.05) is 12.5 Å². The van der Waals surface area contributed by atoms with Crippen molar-refractivity contribution in [2.24, 2.45) is 0 Å². The van der Waals surface area contributed by atoms with E-state index in [0.717, 1.165) is 12.8 Å². The molecule has 1 saturated heterocycles. The van der Waals surface area contributed by atoms with E-state index in [1.807, 2.05) is 0 Å². The van der Waals surface area contributed by atoms with Crippen molar-refractivity contribution >= 4 is 11.8 Å². The van der Waals surface area contributed by atoms with Crippen molar-refractivity contribution in [2.45, 2.75) is 57.0 Å². The lowest BCUT2D eigenvalue weighted by molar-refractivity contribution is -0.141. The molecule has 1 N–H and O–H groups in total. The highest BCUT2D eigenvalue weighted by atomic mass is 19.3. The highest BCUT2D eigenvalue weighted by Crippen LogP contribution is 2.34. The predicted octanol–water partition coefficient (Wildman–Crippen LogP) is 1.30. The van der Waals surface area contributed by atoms with Gasteiger partial charge in [-0.2, -0.15) is 0 Å². The maximum atomic E-state index is 12.6. The molecule has 4 nitrogen and oxygen atoms in total. The van der Waals surface area contributed by atoms with Crippen LogP contribution in [0.4, 0.5) is 8.78 Å². The van der Waals surface area contributed by atoms with E-state index in [4.69, 9.17) is 0 Å². The van der Waals surface area contributed by atoms with Crippen LogP contribution in [0.25, 0.3) is 0 Å². The van der Waals surface area contributed by atoms with E-state index in [0.29, 0.717) is 12.8 Å². The summed E-state index contributed by atoms with van der Waals surface area (Å²) in [6.45, 7) is 1.06. The van der Waals surface area contributed by atoms with Crippen molar-refractivity contribution in [1.29, 1.82) is 0 Å². The van der Waals surface area contributed by atoms with Gasteiger partial charge in [0.15, 0.2) is 0 Å². The summed E-state index contributed by atoms with van der Waals surface area (Å²) >= 11 is 0. The Morgan fingerprint density at radius 3 is 2.56 bits per heavy atom. The van der Waals surface area contributed by atoms with Gasteiger partial charge in [-0.1, -0.05) is 12.8 Å². The van der Waals surface area contributed by atoms with Crippen LogP contribution in [0.15, 0.2) is 0 Å². The minimum absolute atomic E-state index is 0.0974. The van der Waals surface area contributed by atoms with E-state index in [1.165, 1.54) is 4.90 Å². The fraction of sp³-hybridized carbons (Fsp3) is 0.833. The van der Waals surface area contributed by atoms with Crippen LogP contribution in [0.2, 0.25) is 0 Å². The van der Waals surface area contributed by atoms with Gasteiger partial charge in [0.05, 0.1) is 6.54 Å². The molecule has 0 radical (unpaired) electrons. The third-order valence-electron chi connectivity index (χ3n) is 3.85. The average molecular weight is 260 g/mol. The number of rotatable bonds is 2. The molecular weight excluding hydrogens is 242 g/mol. The molecule has 102 valence electrons. The van der Waals surface area contributed by atoms with Gasteiger partial charge in [0.2, 0.25) is 11.8 Å². The summed E-state index contributed by atoms with van der Waals surface area (Å²) in [7, 11) is 0. The molecular formula is C12H18F2N2O2. The largest absolute Gasteiger partial charge is 0.342 e. The first-order chi connectivity index (χ1) is 8.44. The first-order valence-electron chi connectivity index (χ1n) is 6.35. The number of hydrogen-bond acceptors (Lipinski definition) is 2. The SMILES string of the molecule is CC1CC(=O)NC2(CCCC2)C(=O)N1CC(F)F. The molecule has 1 aliphatic heterocycles. The Kier molecular flexibility index (Phi) is 3.54. The van der Waals surface area contributed by atoms with Crippen LogP contribution in [-0.2, 0) is 9.59 Å². The molecule has 2 fully saturated rings. The van der Waals surface area contributed by atoms with Gasteiger partial charge in [-0.3, -0.25) is 9.59 Å². The Labute approximate surface area is 105 Å². The number of amides is 2. The Balaban J connectivity index is 2.27. The van der Waals surface area contributed by atoms with E-state index in [9.17, 15) is 18.4 Å². The molecule has 6 heteroatoms. The van der Waals surface area contributed by atoms with E-state index >= 15 is 0 Å². The lowest BCUT2D eigenvalue weighted by Gasteiger charge is -2.33. The third-order valence-corrected chi connectivity index (χ3v) is 3.85. The lowest BCUT2D eigenvalue weighted by atomic mass is 9.95. The number of nitrogens with one attached hydrogen (secondary N) is 1. The number of carbonyl (C=O) groups excluding carboxylic acids is 2. The third kappa shape index (κ3) is 2.33. The molecule has 1 saturated carbocycles. The predicted molar refractivity (Wildman–Crippen MR) is 61.1 cm³/mol. The molecule has 0 aromatic carbocycles. The molecule has 18 heavy (non-hydrogen) atoms. The van der Waals surface area contributed by atoms with Crippen LogP contribution in [0.1, 0.15) is 39.0 Å². The van der Waals surface area contributed by atoms with Gasteiger partial charge in [0.25, 0.3) is 6.43 Å². The second-order valence-electron chi connectivity index (χ2n) is 5.24. The molecule has 0 aromatic heterocycles. The van der Waals surface area contributed by atoms with Gasteiger partial charge < -0.3 is 10.2 Å². The van der Waals surface area contributed by atoms with Gasteiger partial charge >= 0.3 is 0 Å². The van der Waals surface area contributed by atoms with E-state index in [-0.39, 0.29) is 18.2 Å². The van der Waals surface area contributed by atoms with Gasteiger partial charge in [-0.25, -0.2) is 8.78 Å². The van der Waals surface area contributed by atoms with Crippen LogP contribution in [0.3, 0.4) is 0 Å². The Morgan fingerprint density at radius 1 is 1.39 bits per heavy atom. The van der Waals surface area contributed by atoms with E-state index in [1.54, 1.807) is 6.92 Å². The van der Waals surface area contributed by atoms with Crippen molar-refractivity contribution in [3.63, 3.8) is 0 Å². The minimum atomic E-state index is -2.57. The average Bonchev–Trinajstić information content (AvgIpc) is 2.70. The molecule has 1 heterocycles. The maximum Gasteiger partial charge on any atom is 0.255 e. The maximum absolute atomic E-state index is 12.6. The summed E-state index contributed by atoms with van der Waals surface area (Å²) in [4.78, 5) is 25.4. The van der Waals surface area contributed by atoms with Crippen LogP contribution >= 0.6 is 0 Å². The normalized spacial score (nSPS) is 27.8. The van der Waals surface area contributed by atoms with Crippen LogP contribution in [0, 0.1) is 0 Å². The monoisotopic (exact) mass is 260 g/mol. The smallest absolute Gasteiger partial charge is 0.255 e.